The number of aryl methyl sites for hydroxylation is 3. The first-order valence-electron chi connectivity index (χ1n) is 10.2. The van der Waals surface area contributed by atoms with E-state index in [-0.39, 0.29) is 23.4 Å². The lowest BCUT2D eigenvalue weighted by Gasteiger charge is -2.16. The van der Waals surface area contributed by atoms with Crippen LogP contribution >= 0.6 is 0 Å². The normalized spacial score (nSPS) is 16.6. The molecule has 1 atom stereocenters. The van der Waals surface area contributed by atoms with E-state index in [9.17, 15) is 14.7 Å². The molecule has 0 aliphatic carbocycles. The predicted molar refractivity (Wildman–Crippen MR) is 107 cm³/mol. The monoisotopic (exact) mass is 386 g/mol. The number of carbonyl (C=O) groups excluding carboxylic acids is 1. The number of nitrogens with zero attached hydrogens (tertiary/aromatic N) is 3. The van der Waals surface area contributed by atoms with Crippen LogP contribution in [0.3, 0.4) is 0 Å². The Hall–Kier alpha value is -2.57. The summed E-state index contributed by atoms with van der Waals surface area (Å²) in [6, 6.07) is 7.13. The second kappa shape index (κ2) is 9.08. The van der Waals surface area contributed by atoms with E-state index in [1.54, 1.807) is 21.4 Å². The summed E-state index contributed by atoms with van der Waals surface area (Å²) in [6.45, 7) is 5.51. The Morgan fingerprint density at radius 1 is 1.32 bits per heavy atom. The van der Waals surface area contributed by atoms with Crippen molar-refractivity contribution in [1.29, 1.82) is 0 Å². The largest absolute Gasteiger partial charge is 0.508 e. The van der Waals surface area contributed by atoms with Gasteiger partial charge in [-0.3, -0.25) is 9.36 Å². The first-order chi connectivity index (χ1) is 13.4. The Labute approximate surface area is 165 Å². The zero-order chi connectivity index (χ0) is 20.1. The van der Waals surface area contributed by atoms with E-state index in [4.69, 9.17) is 0 Å². The highest BCUT2D eigenvalue weighted by molar-refractivity contribution is 5.76. The summed E-state index contributed by atoms with van der Waals surface area (Å²) >= 11 is 0. The van der Waals surface area contributed by atoms with Crippen LogP contribution in [0.1, 0.15) is 50.9 Å². The Morgan fingerprint density at radius 3 is 2.86 bits per heavy atom. The molecule has 2 heterocycles. The van der Waals surface area contributed by atoms with Crippen LogP contribution in [0.25, 0.3) is 0 Å². The first-order valence-corrected chi connectivity index (χ1v) is 10.2. The highest BCUT2D eigenvalue weighted by atomic mass is 16.3. The van der Waals surface area contributed by atoms with Crippen molar-refractivity contribution in [2.24, 2.45) is 5.92 Å². The van der Waals surface area contributed by atoms with E-state index < -0.39 is 0 Å². The van der Waals surface area contributed by atoms with Gasteiger partial charge in [-0.1, -0.05) is 32.0 Å². The minimum Gasteiger partial charge on any atom is -0.508 e. The maximum atomic E-state index is 12.6. The van der Waals surface area contributed by atoms with Crippen molar-refractivity contribution in [2.45, 2.75) is 71.5 Å². The summed E-state index contributed by atoms with van der Waals surface area (Å²) in [5.41, 5.74) is 0.739. The number of hydrogen-bond donors (Lipinski definition) is 2. The highest BCUT2D eigenvalue weighted by Gasteiger charge is 2.22. The summed E-state index contributed by atoms with van der Waals surface area (Å²) in [6.07, 6.45) is 3.97. The van der Waals surface area contributed by atoms with E-state index in [0.717, 1.165) is 30.7 Å². The third kappa shape index (κ3) is 5.03. The highest BCUT2D eigenvalue weighted by Crippen LogP contribution is 2.18. The molecular weight excluding hydrogens is 356 g/mol. The van der Waals surface area contributed by atoms with Crippen LogP contribution in [-0.4, -0.2) is 31.4 Å². The molecule has 1 amide bonds. The molecular formula is C21H30N4O3. The summed E-state index contributed by atoms with van der Waals surface area (Å²) in [4.78, 5) is 24.9. The molecule has 28 heavy (non-hydrogen) atoms. The van der Waals surface area contributed by atoms with Crippen LogP contribution in [0.5, 0.6) is 5.75 Å². The van der Waals surface area contributed by atoms with Gasteiger partial charge in [0.25, 0.3) is 0 Å². The molecule has 1 aliphatic rings. The minimum absolute atomic E-state index is 0.0258. The van der Waals surface area contributed by atoms with Gasteiger partial charge in [0.1, 0.15) is 11.6 Å². The molecule has 7 nitrogen and oxygen atoms in total. The van der Waals surface area contributed by atoms with Crippen molar-refractivity contribution in [3.05, 3.63) is 46.1 Å². The summed E-state index contributed by atoms with van der Waals surface area (Å²) in [5, 5.41) is 17.4. The summed E-state index contributed by atoms with van der Waals surface area (Å²) in [5.74, 6) is 1.55. The molecule has 3 rings (SSSR count). The molecule has 1 aliphatic heterocycles. The predicted octanol–water partition coefficient (Wildman–Crippen LogP) is 2.25. The van der Waals surface area contributed by atoms with Gasteiger partial charge in [0.05, 0.1) is 0 Å². The second-order valence-electron chi connectivity index (χ2n) is 7.98. The molecule has 1 unspecified atom stereocenters. The van der Waals surface area contributed by atoms with Crippen molar-refractivity contribution in [2.75, 3.05) is 0 Å². The van der Waals surface area contributed by atoms with Crippen molar-refractivity contribution < 1.29 is 9.90 Å². The average Bonchev–Trinajstić information content (AvgIpc) is 2.82. The van der Waals surface area contributed by atoms with Gasteiger partial charge in [0, 0.05) is 32.0 Å². The van der Waals surface area contributed by atoms with Crippen molar-refractivity contribution >= 4 is 5.91 Å². The fourth-order valence-corrected chi connectivity index (χ4v) is 3.57. The molecule has 0 saturated carbocycles. The van der Waals surface area contributed by atoms with E-state index in [0.29, 0.717) is 38.3 Å². The van der Waals surface area contributed by atoms with Crippen LogP contribution in [0, 0.1) is 5.92 Å². The molecule has 0 saturated heterocycles. The second-order valence-corrected chi connectivity index (χ2v) is 7.98. The molecule has 2 aromatic rings. The van der Waals surface area contributed by atoms with Crippen LogP contribution in [-0.2, 0) is 30.7 Å². The number of benzene rings is 1. The van der Waals surface area contributed by atoms with Gasteiger partial charge in [0.2, 0.25) is 5.91 Å². The van der Waals surface area contributed by atoms with Crippen molar-refractivity contribution in [3.63, 3.8) is 0 Å². The number of aromatic nitrogens is 3. The lowest BCUT2D eigenvalue weighted by Crippen LogP contribution is -2.36. The molecule has 0 bridgehead atoms. The number of amides is 1. The molecule has 0 radical (unpaired) electrons. The number of carbonyl (C=O) groups is 1. The number of phenolic OH excluding ortho intramolecular Hbond substituents is 1. The average molecular weight is 386 g/mol. The maximum absolute atomic E-state index is 12.6. The van der Waals surface area contributed by atoms with Gasteiger partial charge >= 0.3 is 5.69 Å². The number of fused-ring (bicyclic) bond motifs is 1. The third-order valence-electron chi connectivity index (χ3n) is 5.31. The Kier molecular flexibility index (Phi) is 6.54. The number of aromatic hydroxyl groups is 1. The van der Waals surface area contributed by atoms with Gasteiger partial charge in [-0.25, -0.2) is 9.48 Å². The fourth-order valence-electron chi connectivity index (χ4n) is 3.57. The van der Waals surface area contributed by atoms with Gasteiger partial charge in [0.15, 0.2) is 0 Å². The van der Waals surface area contributed by atoms with Gasteiger partial charge in [-0.2, -0.15) is 5.10 Å². The number of phenols is 1. The SMILES string of the molecule is CC(C)CCn1nc2n(c1=O)CCC(NC(=O)CCc1ccccc1O)CC2. The van der Waals surface area contributed by atoms with E-state index >= 15 is 0 Å². The van der Waals surface area contributed by atoms with E-state index in [1.165, 1.54) is 0 Å². The fraction of sp³-hybridized carbons (Fsp3) is 0.571. The van der Waals surface area contributed by atoms with Crippen LogP contribution in [0.4, 0.5) is 0 Å². The number of para-hydroxylation sites is 1. The number of rotatable bonds is 7. The Balaban J connectivity index is 1.52. The van der Waals surface area contributed by atoms with Crippen molar-refractivity contribution in [1.82, 2.24) is 19.7 Å². The quantitative estimate of drug-likeness (QED) is 0.764. The van der Waals surface area contributed by atoms with E-state index in [1.807, 2.05) is 12.1 Å². The van der Waals surface area contributed by atoms with Crippen LogP contribution < -0.4 is 11.0 Å². The van der Waals surface area contributed by atoms with Crippen LogP contribution in [0.2, 0.25) is 0 Å². The summed E-state index contributed by atoms with van der Waals surface area (Å²) < 4.78 is 3.34. The lowest BCUT2D eigenvalue weighted by atomic mass is 10.1. The molecule has 7 heteroatoms. The third-order valence-corrected chi connectivity index (χ3v) is 5.31. The van der Waals surface area contributed by atoms with Gasteiger partial charge < -0.3 is 10.4 Å². The zero-order valence-electron chi connectivity index (χ0n) is 16.7. The van der Waals surface area contributed by atoms with E-state index in [2.05, 4.69) is 24.3 Å². The maximum Gasteiger partial charge on any atom is 0.345 e. The van der Waals surface area contributed by atoms with Crippen LogP contribution in [0.15, 0.2) is 29.1 Å². The molecule has 1 aromatic heterocycles. The van der Waals surface area contributed by atoms with Gasteiger partial charge in [-0.05, 0) is 43.2 Å². The first kappa shape index (κ1) is 20.2. The topological polar surface area (TPSA) is 89.2 Å². The lowest BCUT2D eigenvalue weighted by molar-refractivity contribution is -0.121. The summed E-state index contributed by atoms with van der Waals surface area (Å²) in [7, 11) is 0. The molecule has 1 aromatic carbocycles. The number of nitrogens with one attached hydrogen (secondary N) is 1. The molecule has 0 spiro atoms. The smallest absolute Gasteiger partial charge is 0.345 e. The van der Waals surface area contributed by atoms with Crippen molar-refractivity contribution in [3.8, 4) is 5.75 Å². The Bertz CT molecular complexity index is 869. The molecule has 2 N–H and O–H groups in total. The molecule has 152 valence electrons. The van der Waals surface area contributed by atoms with Gasteiger partial charge in [-0.15, -0.1) is 0 Å². The Morgan fingerprint density at radius 2 is 2.11 bits per heavy atom. The minimum atomic E-state index is -0.0396. The molecule has 0 fully saturated rings. The zero-order valence-corrected chi connectivity index (χ0v) is 16.7. The standard InChI is InChI=1S/C21H30N4O3/c1-15(2)11-14-25-21(28)24-13-12-17(8-9-19(24)23-25)22-20(27)10-7-16-5-3-4-6-18(16)26/h3-6,15,17,26H,7-14H2,1-2H3,(H,22,27). The number of hydrogen-bond acceptors (Lipinski definition) is 4.